The third kappa shape index (κ3) is 6.78. The third-order valence-corrected chi connectivity index (χ3v) is 12.1. The molecule has 0 aliphatic rings. The molecule has 2 aromatic heterocycles. The lowest BCUT2D eigenvalue weighted by Gasteiger charge is -2.21. The van der Waals surface area contributed by atoms with Crippen molar-refractivity contribution in [2.24, 2.45) is 0 Å². The van der Waals surface area contributed by atoms with Crippen LogP contribution in [-0.4, -0.2) is 9.13 Å². The maximum absolute atomic E-state index is 15.1. The molecule has 0 amide bonds. The van der Waals surface area contributed by atoms with Gasteiger partial charge in [0.2, 0.25) is 0 Å². The van der Waals surface area contributed by atoms with E-state index in [0.29, 0.717) is 28.1 Å². The zero-order valence-corrected chi connectivity index (χ0v) is 35.0. The van der Waals surface area contributed by atoms with Crippen LogP contribution >= 0.6 is 0 Å². The summed E-state index contributed by atoms with van der Waals surface area (Å²) in [6.07, 6.45) is -10.2. The SMILES string of the molecule is Cc1cc(C)cc(-c2ccc3c4ccccc4n(-c4cc(-c5ccc(C(F)(F)F)cc5C(F)(F)F)cc(-n5c6ccccc6c6ccc(-c7cc(C)cc(C)c7)cc65)c4C#N)c3c2)c1. The molecule has 0 aliphatic carbocycles. The molecule has 10 aromatic rings. The van der Waals surface area contributed by atoms with Gasteiger partial charge in [-0.25, -0.2) is 0 Å². The zero-order valence-electron chi connectivity index (χ0n) is 35.0. The fourth-order valence-corrected chi connectivity index (χ4v) is 9.54. The van der Waals surface area contributed by atoms with E-state index in [2.05, 4.69) is 42.5 Å². The van der Waals surface area contributed by atoms with Crippen LogP contribution in [0.3, 0.4) is 0 Å². The highest BCUT2D eigenvalue weighted by molar-refractivity contribution is 6.12. The minimum Gasteiger partial charge on any atom is -0.308 e. The largest absolute Gasteiger partial charge is 0.417 e. The summed E-state index contributed by atoms with van der Waals surface area (Å²) in [6, 6.07) is 47.1. The Kier molecular flexibility index (Phi) is 9.35. The van der Waals surface area contributed by atoms with Gasteiger partial charge in [0.25, 0.3) is 0 Å². The second-order valence-corrected chi connectivity index (χ2v) is 16.7. The van der Waals surface area contributed by atoms with Gasteiger partial charge in [0.1, 0.15) is 11.6 Å². The van der Waals surface area contributed by atoms with Crippen molar-refractivity contribution in [2.45, 2.75) is 40.0 Å². The van der Waals surface area contributed by atoms with Crippen molar-refractivity contribution in [3.8, 4) is 50.8 Å². The van der Waals surface area contributed by atoms with E-state index < -0.39 is 29.0 Å². The van der Waals surface area contributed by atoms with Crippen molar-refractivity contribution >= 4 is 43.6 Å². The van der Waals surface area contributed by atoms with Crippen molar-refractivity contribution < 1.29 is 26.3 Å². The lowest BCUT2D eigenvalue weighted by Crippen LogP contribution is -2.12. The maximum Gasteiger partial charge on any atom is 0.417 e. The molecule has 0 saturated carbocycles. The molecule has 8 aromatic carbocycles. The topological polar surface area (TPSA) is 33.6 Å². The average Bonchev–Trinajstić information content (AvgIpc) is 3.76. The zero-order chi connectivity index (χ0) is 44.8. The molecule has 0 bridgehead atoms. The summed E-state index contributed by atoms with van der Waals surface area (Å²) in [4.78, 5) is 0. The molecule has 0 saturated heterocycles. The van der Waals surface area contributed by atoms with E-state index in [4.69, 9.17) is 0 Å². The van der Waals surface area contributed by atoms with E-state index in [0.717, 1.165) is 72.1 Å². The average molecular weight is 854 g/mol. The molecular weight excluding hydrogens is 817 g/mol. The predicted octanol–water partition coefficient (Wildman–Crippen LogP) is 16.0. The van der Waals surface area contributed by atoms with E-state index in [1.54, 1.807) is 0 Å². The number of nitriles is 1. The number of alkyl halides is 6. The Morgan fingerprint density at radius 2 is 0.844 bits per heavy atom. The van der Waals surface area contributed by atoms with Crippen molar-refractivity contribution in [2.75, 3.05) is 0 Å². The van der Waals surface area contributed by atoms with E-state index in [1.165, 1.54) is 12.1 Å². The summed E-state index contributed by atoms with van der Waals surface area (Å²) in [5.74, 6) is 0. The summed E-state index contributed by atoms with van der Waals surface area (Å²) < 4.78 is 91.4. The Balaban J connectivity index is 1.36. The molecule has 2 heterocycles. The number of nitrogens with zero attached hydrogens (tertiary/aromatic N) is 3. The Bertz CT molecular complexity index is 3360. The molecule has 64 heavy (non-hydrogen) atoms. The normalized spacial score (nSPS) is 12.2. The number of hydrogen-bond donors (Lipinski definition) is 0. The first kappa shape index (κ1) is 40.5. The van der Waals surface area contributed by atoms with Crippen LogP contribution in [0, 0.1) is 39.0 Å². The smallest absolute Gasteiger partial charge is 0.308 e. The number of fused-ring (bicyclic) bond motifs is 6. The molecule has 9 heteroatoms. The van der Waals surface area contributed by atoms with E-state index in [9.17, 15) is 18.4 Å². The lowest BCUT2D eigenvalue weighted by atomic mass is 9.94. The second-order valence-electron chi connectivity index (χ2n) is 16.7. The highest BCUT2D eigenvalue weighted by atomic mass is 19.4. The molecule has 0 radical (unpaired) electrons. The number of aromatic nitrogens is 2. The van der Waals surface area contributed by atoms with Gasteiger partial charge in [0.05, 0.1) is 44.6 Å². The van der Waals surface area contributed by atoms with E-state index >= 15 is 13.2 Å². The standard InChI is InChI=1S/C55H37F6N3/c1-31-19-32(2)22-37(21-31)35-13-16-44-42-9-5-7-11-48(42)63(50(44)25-35)52-27-39(41-18-15-40(54(56,57)58)29-47(41)55(59,60)61)28-53(46(52)30-62)64-49-12-8-6-10-43(49)45-17-14-36(26-51(45)64)38-23-33(3)20-34(4)24-38/h5-29H,1-4H3. The molecule has 0 fully saturated rings. The van der Waals surface area contributed by atoms with E-state index in [-0.39, 0.29) is 28.6 Å². The number of para-hydroxylation sites is 2. The molecule has 10 rings (SSSR count). The van der Waals surface area contributed by atoms with Crippen molar-refractivity contribution in [3.63, 3.8) is 0 Å². The van der Waals surface area contributed by atoms with Gasteiger partial charge >= 0.3 is 12.4 Å². The number of hydrogen-bond acceptors (Lipinski definition) is 1. The van der Waals surface area contributed by atoms with Crippen LogP contribution in [-0.2, 0) is 12.4 Å². The molecule has 0 aliphatic heterocycles. The van der Waals surface area contributed by atoms with Gasteiger partial charge in [-0.1, -0.05) is 125 Å². The van der Waals surface area contributed by atoms with Crippen LogP contribution in [0.4, 0.5) is 26.3 Å². The molecule has 314 valence electrons. The van der Waals surface area contributed by atoms with Gasteiger partial charge < -0.3 is 9.13 Å². The first-order chi connectivity index (χ1) is 30.6. The molecular formula is C55H37F6N3. The first-order valence-electron chi connectivity index (χ1n) is 20.7. The van der Waals surface area contributed by atoms with Crippen molar-refractivity contribution in [3.05, 3.63) is 191 Å². The van der Waals surface area contributed by atoms with Crippen LogP contribution in [0.1, 0.15) is 38.9 Å². The molecule has 0 N–H and O–H groups in total. The number of rotatable bonds is 5. The minimum absolute atomic E-state index is 0.0159. The molecule has 0 atom stereocenters. The second kappa shape index (κ2) is 14.8. The van der Waals surface area contributed by atoms with E-state index in [1.807, 2.05) is 122 Å². The van der Waals surface area contributed by atoms with Gasteiger partial charge in [0, 0.05) is 21.5 Å². The summed E-state index contributed by atoms with van der Waals surface area (Å²) in [5.41, 5.74) is 8.14. The summed E-state index contributed by atoms with van der Waals surface area (Å²) in [6.45, 7) is 8.09. The predicted molar refractivity (Wildman–Crippen MR) is 245 cm³/mol. The fourth-order valence-electron chi connectivity index (χ4n) is 9.54. The third-order valence-electron chi connectivity index (χ3n) is 12.1. The van der Waals surface area contributed by atoms with Gasteiger partial charge in [-0.2, -0.15) is 31.6 Å². The Morgan fingerprint density at radius 1 is 0.406 bits per heavy atom. The summed E-state index contributed by atoms with van der Waals surface area (Å²) in [5, 5.41) is 14.9. The lowest BCUT2D eigenvalue weighted by molar-refractivity contribution is -0.142. The van der Waals surface area contributed by atoms with Crippen molar-refractivity contribution in [1.29, 1.82) is 5.26 Å². The van der Waals surface area contributed by atoms with Gasteiger partial charge in [-0.3, -0.25) is 0 Å². The number of benzene rings is 8. The van der Waals surface area contributed by atoms with Crippen molar-refractivity contribution in [1.82, 2.24) is 9.13 Å². The fraction of sp³-hybridized carbons (Fsp3) is 0.109. The van der Waals surface area contributed by atoms with Crippen LogP contribution in [0.15, 0.2) is 152 Å². The maximum atomic E-state index is 15.1. The molecule has 0 unspecified atom stereocenters. The Labute approximate surface area is 364 Å². The molecule has 3 nitrogen and oxygen atoms in total. The van der Waals surface area contributed by atoms with Crippen LogP contribution < -0.4 is 0 Å². The van der Waals surface area contributed by atoms with Crippen LogP contribution in [0.5, 0.6) is 0 Å². The molecule has 0 spiro atoms. The highest BCUT2D eigenvalue weighted by Gasteiger charge is 2.39. The summed E-state index contributed by atoms with van der Waals surface area (Å²) >= 11 is 0. The minimum atomic E-state index is -5.16. The van der Waals surface area contributed by atoms with Gasteiger partial charge in [-0.05, 0) is 110 Å². The Morgan fingerprint density at radius 3 is 1.27 bits per heavy atom. The number of halogens is 6. The van der Waals surface area contributed by atoms with Gasteiger partial charge in [0.15, 0.2) is 0 Å². The van der Waals surface area contributed by atoms with Crippen LogP contribution in [0.2, 0.25) is 0 Å². The monoisotopic (exact) mass is 853 g/mol. The first-order valence-corrected chi connectivity index (χ1v) is 20.7. The van der Waals surface area contributed by atoms with Crippen LogP contribution in [0.25, 0.3) is 88.4 Å². The van der Waals surface area contributed by atoms with Gasteiger partial charge in [-0.15, -0.1) is 0 Å². The highest BCUT2D eigenvalue weighted by Crippen LogP contribution is 2.45. The summed E-state index contributed by atoms with van der Waals surface area (Å²) in [7, 11) is 0. The number of aryl methyl sites for hydroxylation is 4. The quantitative estimate of drug-likeness (QED) is 0.159. The Hall–Kier alpha value is -7.57.